The number of thiazole rings is 1. The van der Waals surface area contributed by atoms with Crippen LogP contribution in [0.15, 0.2) is 38.9 Å². The molecule has 51 heavy (non-hydrogen) atoms. The number of benzene rings is 1. The quantitative estimate of drug-likeness (QED) is 0.1000. The zero-order valence-corrected chi connectivity index (χ0v) is 29.1. The Bertz CT molecular complexity index is 2140. The van der Waals surface area contributed by atoms with E-state index < -0.39 is 58.7 Å². The molecule has 3 aromatic rings. The smallest absolute Gasteiger partial charge is 0.352 e. The number of carbonyl (C=O) groups is 4. The van der Waals surface area contributed by atoms with E-state index in [0.717, 1.165) is 46.9 Å². The lowest BCUT2D eigenvalue weighted by Crippen LogP contribution is -2.71. The van der Waals surface area contributed by atoms with Gasteiger partial charge in [-0.3, -0.25) is 19.3 Å². The second-order valence-corrected chi connectivity index (χ2v) is 14.7. The lowest BCUT2D eigenvalue weighted by atomic mass is 10.0. The summed E-state index contributed by atoms with van der Waals surface area (Å²) in [5.74, 6) is -4.71. The number of aliphatic carboxylic acids is 1. The summed E-state index contributed by atoms with van der Waals surface area (Å²) >= 11 is 8.98. The molecule has 5 heterocycles. The van der Waals surface area contributed by atoms with Crippen molar-refractivity contribution in [1.29, 1.82) is 0 Å². The molecule has 4 aliphatic rings. The largest absolute Gasteiger partial charge is 0.477 e. The SMILES string of the molecule is CO/N=C(\C(=O)N[C@@H]1C(=O)N2C(C(=O)O)=C(COC(=O)c3cn(C4CC4)c4c(Cl)c(N5CCC(N)C5)c(F)cc4c3=O)CS[C@H]12)c1csc(N)n1. The monoisotopic (exact) mass is 760 g/mol. The number of oxime groups is 1. The average Bonchev–Trinajstić information content (AvgIpc) is 3.72. The van der Waals surface area contributed by atoms with E-state index in [4.69, 9.17) is 32.6 Å². The summed E-state index contributed by atoms with van der Waals surface area (Å²) in [5, 5.41) is 17.2. The number of β-lactam (4-membered cyclic amide) rings is 1. The molecule has 0 radical (unpaired) electrons. The number of nitrogens with two attached hydrogens (primary N) is 2. The van der Waals surface area contributed by atoms with Crippen LogP contribution < -0.4 is 27.1 Å². The first-order chi connectivity index (χ1) is 24.4. The number of ether oxygens (including phenoxy) is 1. The second kappa shape index (κ2) is 13.4. The highest BCUT2D eigenvalue weighted by Gasteiger charge is 2.54. The van der Waals surface area contributed by atoms with E-state index in [1.165, 1.54) is 18.7 Å². The number of carboxylic acids is 1. The van der Waals surface area contributed by atoms with Gasteiger partial charge in [-0.2, -0.15) is 0 Å². The molecular formula is C31H30ClFN8O8S2. The summed E-state index contributed by atoms with van der Waals surface area (Å²) in [7, 11) is 1.23. The maximum Gasteiger partial charge on any atom is 0.352 e. The van der Waals surface area contributed by atoms with Crippen molar-refractivity contribution in [2.24, 2.45) is 10.9 Å². The van der Waals surface area contributed by atoms with Crippen LogP contribution >= 0.6 is 34.7 Å². The zero-order valence-electron chi connectivity index (χ0n) is 26.8. The van der Waals surface area contributed by atoms with E-state index in [1.54, 1.807) is 9.47 Å². The highest BCUT2D eigenvalue weighted by atomic mass is 35.5. The predicted molar refractivity (Wildman–Crippen MR) is 186 cm³/mol. The van der Waals surface area contributed by atoms with E-state index >= 15 is 4.39 Å². The van der Waals surface area contributed by atoms with Gasteiger partial charge in [0, 0.05) is 48.1 Å². The molecule has 268 valence electrons. The normalized spacial score (nSPS) is 21.8. The fourth-order valence-corrected chi connectivity index (χ4v) is 8.71. The Kier molecular flexibility index (Phi) is 9.15. The third-order valence-electron chi connectivity index (χ3n) is 8.96. The lowest BCUT2D eigenvalue weighted by Gasteiger charge is -2.49. The number of nitrogen functional groups attached to an aromatic ring is 1. The Morgan fingerprint density at radius 1 is 1.25 bits per heavy atom. The molecule has 1 saturated carbocycles. The van der Waals surface area contributed by atoms with Crippen molar-refractivity contribution in [2.45, 2.75) is 42.8 Å². The topological polar surface area (TPSA) is 225 Å². The predicted octanol–water partition coefficient (Wildman–Crippen LogP) is 1.65. The maximum atomic E-state index is 15.5. The number of carbonyl (C=O) groups excluding carboxylic acids is 3. The number of hydrogen-bond donors (Lipinski definition) is 4. The van der Waals surface area contributed by atoms with Crippen LogP contribution in [0.3, 0.4) is 0 Å². The Labute approximate surface area is 301 Å². The minimum Gasteiger partial charge on any atom is -0.477 e. The molecule has 2 saturated heterocycles. The van der Waals surface area contributed by atoms with Crippen LogP contribution in [-0.2, 0) is 24.0 Å². The van der Waals surface area contributed by atoms with Crippen molar-refractivity contribution in [3.63, 3.8) is 0 Å². The first-order valence-electron chi connectivity index (χ1n) is 15.7. The molecule has 7 rings (SSSR count). The number of thioether (sulfide) groups is 1. The maximum absolute atomic E-state index is 15.5. The van der Waals surface area contributed by atoms with Gasteiger partial charge in [0.05, 0.1) is 21.6 Å². The number of amides is 2. The number of carboxylic acid groups (broad SMARTS) is 1. The molecule has 2 aromatic heterocycles. The molecule has 1 aromatic carbocycles. The van der Waals surface area contributed by atoms with Gasteiger partial charge in [-0.25, -0.2) is 19.0 Å². The van der Waals surface area contributed by atoms with Crippen LogP contribution in [0.5, 0.6) is 0 Å². The van der Waals surface area contributed by atoms with Crippen LogP contribution in [0.25, 0.3) is 10.9 Å². The van der Waals surface area contributed by atoms with Gasteiger partial charge in [0.25, 0.3) is 11.8 Å². The standard InChI is InChI=1S/C31H30ClFN8O8S2/c1-48-38-20(18-11-51-31(35)36-18)26(43)37-21-27(44)41-22(29(45)46)12(10-50-28(21)41)9-49-30(47)16-8-40(14-2-3-14)23-15(25(16)42)6-17(33)24(19(23)32)39-5-4-13(34)7-39/h6,8,11,13-14,21,28H,2-5,7,9-10,34H2,1H3,(H2,35,36)(H,37,43)(H,45,46)/b38-20-/t13?,21-,28-/m1/s1. The van der Waals surface area contributed by atoms with Crippen LogP contribution in [0.1, 0.15) is 41.4 Å². The average molecular weight is 761 g/mol. The van der Waals surface area contributed by atoms with Crippen molar-refractivity contribution in [3.05, 3.63) is 61.2 Å². The number of nitrogens with one attached hydrogen (secondary N) is 1. The molecule has 3 fully saturated rings. The lowest BCUT2D eigenvalue weighted by molar-refractivity contribution is -0.150. The van der Waals surface area contributed by atoms with Crippen molar-refractivity contribution < 1.29 is 38.2 Å². The Hall–Kier alpha value is -4.72. The van der Waals surface area contributed by atoms with Gasteiger partial charge in [0.1, 0.15) is 47.9 Å². The van der Waals surface area contributed by atoms with E-state index in [2.05, 4.69) is 15.5 Å². The molecule has 1 unspecified atom stereocenters. The van der Waals surface area contributed by atoms with Crippen LogP contribution in [0.4, 0.5) is 15.2 Å². The van der Waals surface area contributed by atoms with E-state index in [9.17, 15) is 29.1 Å². The molecular weight excluding hydrogens is 731 g/mol. The van der Waals surface area contributed by atoms with Crippen LogP contribution in [0, 0.1) is 5.82 Å². The number of halogens is 2. The highest BCUT2D eigenvalue weighted by molar-refractivity contribution is 8.00. The summed E-state index contributed by atoms with van der Waals surface area (Å²) in [5.41, 5.74) is 10.6. The van der Waals surface area contributed by atoms with Gasteiger partial charge in [0.15, 0.2) is 10.8 Å². The third kappa shape index (κ3) is 6.17. The summed E-state index contributed by atoms with van der Waals surface area (Å²) in [6.07, 6.45) is 3.51. The number of aromatic nitrogens is 2. The number of rotatable bonds is 10. The number of pyridine rings is 1. The summed E-state index contributed by atoms with van der Waals surface area (Å²) in [6.45, 7) is 0.348. The second-order valence-electron chi connectivity index (χ2n) is 12.3. The number of fused-ring (bicyclic) bond motifs is 2. The van der Waals surface area contributed by atoms with Gasteiger partial charge < -0.3 is 40.9 Å². The molecule has 6 N–H and O–H groups in total. The zero-order chi connectivity index (χ0) is 36.3. The summed E-state index contributed by atoms with van der Waals surface area (Å²) < 4.78 is 22.7. The highest BCUT2D eigenvalue weighted by Crippen LogP contribution is 2.43. The fourth-order valence-electron chi connectivity index (χ4n) is 6.42. The minimum atomic E-state index is -1.45. The van der Waals surface area contributed by atoms with E-state index in [-0.39, 0.29) is 61.6 Å². The van der Waals surface area contributed by atoms with Gasteiger partial charge in [-0.1, -0.05) is 16.8 Å². The van der Waals surface area contributed by atoms with Gasteiger partial charge >= 0.3 is 11.9 Å². The molecule has 0 bridgehead atoms. The van der Waals surface area contributed by atoms with Crippen molar-refractivity contribution in [3.8, 4) is 0 Å². The first kappa shape index (κ1) is 34.7. The van der Waals surface area contributed by atoms with Crippen molar-refractivity contribution >= 4 is 85.9 Å². The number of nitrogens with zero attached hydrogens (tertiary/aromatic N) is 5. The van der Waals surface area contributed by atoms with Gasteiger partial charge in [-0.05, 0) is 25.3 Å². The summed E-state index contributed by atoms with van der Waals surface area (Å²) in [6, 6.07) is -0.253. The Morgan fingerprint density at radius 2 is 2.02 bits per heavy atom. The number of anilines is 2. The number of esters is 1. The minimum absolute atomic E-state index is 0.0190. The van der Waals surface area contributed by atoms with E-state index in [1.807, 2.05) is 0 Å². The molecule has 1 aliphatic carbocycles. The Balaban J connectivity index is 1.11. The van der Waals surface area contributed by atoms with Crippen LogP contribution in [0.2, 0.25) is 5.02 Å². The van der Waals surface area contributed by atoms with Gasteiger partial charge in [0.2, 0.25) is 5.43 Å². The Morgan fingerprint density at radius 3 is 2.65 bits per heavy atom. The van der Waals surface area contributed by atoms with Crippen molar-refractivity contribution in [1.82, 2.24) is 19.8 Å². The van der Waals surface area contributed by atoms with E-state index in [0.29, 0.717) is 25.0 Å². The molecule has 20 heteroatoms. The third-order valence-corrected chi connectivity index (χ3v) is 11.3. The molecule has 3 atom stereocenters. The molecule has 0 spiro atoms. The first-order valence-corrected chi connectivity index (χ1v) is 18.0. The summed E-state index contributed by atoms with van der Waals surface area (Å²) in [4.78, 5) is 77.2. The van der Waals surface area contributed by atoms with Gasteiger partial charge in [-0.15, -0.1) is 23.1 Å². The molecule has 2 amide bonds. The molecule has 3 aliphatic heterocycles. The van der Waals surface area contributed by atoms with Crippen LogP contribution in [-0.4, -0.2) is 99.0 Å². The van der Waals surface area contributed by atoms with Crippen molar-refractivity contribution in [2.75, 3.05) is 43.2 Å². The number of hydrogen-bond acceptors (Lipinski definition) is 14. The fraction of sp³-hybridized carbons (Fsp3) is 0.387. The molecule has 16 nitrogen and oxygen atoms in total.